The Hall–Kier alpha value is -2.45. The molecule has 6 nitrogen and oxygen atoms in total. The molecule has 0 unspecified atom stereocenters. The van der Waals surface area contributed by atoms with Crippen molar-refractivity contribution >= 4 is 16.9 Å². The first kappa shape index (κ1) is 17.0. The third kappa shape index (κ3) is 3.06. The smallest absolute Gasteiger partial charge is 0.449 e. The standard InChI is InChI=1S/C17H18F3N3O3/c18-17(19,20)16-21-11-8-13-14(26-7-3-6-25-13)9-12(11)23(16)10-15(24)22-4-1-2-5-22/h8-9H,1-7,10H2. The van der Waals surface area contributed by atoms with Crippen molar-refractivity contribution in [3.63, 3.8) is 0 Å². The molecule has 4 rings (SSSR count). The molecular weight excluding hydrogens is 351 g/mol. The van der Waals surface area contributed by atoms with E-state index in [0.717, 1.165) is 17.4 Å². The molecule has 1 saturated heterocycles. The van der Waals surface area contributed by atoms with Gasteiger partial charge in [0.15, 0.2) is 11.5 Å². The molecule has 0 N–H and O–H groups in total. The third-order valence-electron chi connectivity index (χ3n) is 4.62. The zero-order valence-electron chi connectivity index (χ0n) is 14.0. The number of aromatic nitrogens is 2. The lowest BCUT2D eigenvalue weighted by Gasteiger charge is -2.18. The summed E-state index contributed by atoms with van der Waals surface area (Å²) in [6, 6.07) is 2.93. The number of carbonyl (C=O) groups is 1. The highest BCUT2D eigenvalue weighted by Crippen LogP contribution is 2.37. The maximum absolute atomic E-state index is 13.5. The molecule has 2 aliphatic rings. The van der Waals surface area contributed by atoms with Crippen LogP contribution in [0.2, 0.25) is 0 Å². The lowest BCUT2D eigenvalue weighted by Crippen LogP contribution is -2.32. The van der Waals surface area contributed by atoms with Gasteiger partial charge in [-0.2, -0.15) is 13.2 Å². The van der Waals surface area contributed by atoms with Crippen LogP contribution >= 0.6 is 0 Å². The van der Waals surface area contributed by atoms with Crippen LogP contribution in [0, 0.1) is 0 Å². The lowest BCUT2D eigenvalue weighted by atomic mass is 10.2. The quantitative estimate of drug-likeness (QED) is 0.817. The zero-order chi connectivity index (χ0) is 18.3. The highest BCUT2D eigenvalue weighted by atomic mass is 19.4. The third-order valence-corrected chi connectivity index (χ3v) is 4.62. The minimum absolute atomic E-state index is 0.135. The van der Waals surface area contributed by atoms with E-state index >= 15 is 0 Å². The molecule has 2 aromatic rings. The fraction of sp³-hybridized carbons (Fsp3) is 0.529. The van der Waals surface area contributed by atoms with Crippen molar-refractivity contribution in [3.05, 3.63) is 18.0 Å². The Morgan fingerprint density at radius 1 is 1.08 bits per heavy atom. The van der Waals surface area contributed by atoms with Crippen LogP contribution in [0.15, 0.2) is 12.1 Å². The Bertz CT molecular complexity index is 841. The number of benzene rings is 1. The van der Waals surface area contributed by atoms with E-state index in [4.69, 9.17) is 9.47 Å². The van der Waals surface area contributed by atoms with Crippen molar-refractivity contribution in [2.75, 3.05) is 26.3 Å². The molecule has 0 spiro atoms. The van der Waals surface area contributed by atoms with Crippen LogP contribution in [0.3, 0.4) is 0 Å². The van der Waals surface area contributed by atoms with Crippen LogP contribution in [0.5, 0.6) is 11.5 Å². The summed E-state index contributed by atoms with van der Waals surface area (Å²) >= 11 is 0. The molecule has 0 radical (unpaired) electrons. The number of likely N-dealkylation sites (tertiary alicyclic amines) is 1. The highest BCUT2D eigenvalue weighted by Gasteiger charge is 2.38. The van der Waals surface area contributed by atoms with E-state index in [-0.39, 0.29) is 16.9 Å². The number of halogens is 3. The van der Waals surface area contributed by atoms with Gasteiger partial charge in [-0.15, -0.1) is 0 Å². The van der Waals surface area contributed by atoms with Gasteiger partial charge in [0.1, 0.15) is 6.54 Å². The molecule has 0 aliphatic carbocycles. The van der Waals surface area contributed by atoms with Crippen molar-refractivity contribution in [2.24, 2.45) is 0 Å². The molecule has 9 heteroatoms. The fourth-order valence-corrected chi connectivity index (χ4v) is 3.36. The second kappa shape index (κ2) is 6.37. The minimum atomic E-state index is -4.66. The topological polar surface area (TPSA) is 56.6 Å². The Kier molecular flexibility index (Phi) is 4.16. The number of carbonyl (C=O) groups excluding carboxylic acids is 1. The van der Waals surface area contributed by atoms with Gasteiger partial charge in [-0.25, -0.2) is 4.98 Å². The van der Waals surface area contributed by atoms with Crippen LogP contribution in [0.4, 0.5) is 13.2 Å². The molecule has 26 heavy (non-hydrogen) atoms. The first-order valence-corrected chi connectivity index (χ1v) is 8.58. The van der Waals surface area contributed by atoms with Gasteiger partial charge in [-0.1, -0.05) is 0 Å². The molecule has 1 aromatic carbocycles. The van der Waals surface area contributed by atoms with Crippen LogP contribution in [0.1, 0.15) is 25.1 Å². The summed E-state index contributed by atoms with van der Waals surface area (Å²) in [5, 5.41) is 0. The Labute approximate surface area is 147 Å². The summed E-state index contributed by atoms with van der Waals surface area (Å²) < 4.78 is 52.5. The molecule has 1 amide bonds. The monoisotopic (exact) mass is 369 g/mol. The Balaban J connectivity index is 1.79. The normalized spacial score (nSPS) is 17.6. The number of ether oxygens (including phenoxy) is 2. The summed E-state index contributed by atoms with van der Waals surface area (Å²) in [6.45, 7) is 1.62. The molecule has 1 aromatic heterocycles. The van der Waals surface area contributed by atoms with Crippen LogP contribution < -0.4 is 9.47 Å². The average molecular weight is 369 g/mol. The summed E-state index contributed by atoms with van der Waals surface area (Å²) in [6.07, 6.45) is -2.22. The zero-order valence-corrected chi connectivity index (χ0v) is 14.0. The number of rotatable bonds is 2. The molecule has 0 bridgehead atoms. The predicted octanol–water partition coefficient (Wildman–Crippen LogP) is 2.84. The molecule has 3 heterocycles. The minimum Gasteiger partial charge on any atom is -0.489 e. The lowest BCUT2D eigenvalue weighted by molar-refractivity contribution is -0.148. The maximum atomic E-state index is 13.5. The average Bonchev–Trinajstić information content (AvgIpc) is 3.17. The number of hydrogen-bond acceptors (Lipinski definition) is 4. The highest BCUT2D eigenvalue weighted by molar-refractivity contribution is 5.84. The van der Waals surface area contributed by atoms with E-state index in [9.17, 15) is 18.0 Å². The largest absolute Gasteiger partial charge is 0.489 e. The van der Waals surface area contributed by atoms with E-state index < -0.39 is 18.5 Å². The van der Waals surface area contributed by atoms with Crippen molar-refractivity contribution in [1.82, 2.24) is 14.5 Å². The van der Waals surface area contributed by atoms with Gasteiger partial charge in [-0.3, -0.25) is 4.79 Å². The van der Waals surface area contributed by atoms with E-state index in [1.165, 1.54) is 12.1 Å². The number of fused-ring (bicyclic) bond motifs is 2. The molecule has 0 atom stereocenters. The van der Waals surface area contributed by atoms with E-state index in [1.807, 2.05) is 0 Å². The Morgan fingerprint density at radius 2 is 1.73 bits per heavy atom. The summed E-state index contributed by atoms with van der Waals surface area (Å²) in [5.74, 6) is -0.669. The summed E-state index contributed by atoms with van der Waals surface area (Å²) in [5.41, 5.74) is 0.352. The maximum Gasteiger partial charge on any atom is 0.449 e. The second-order valence-electron chi connectivity index (χ2n) is 6.45. The van der Waals surface area contributed by atoms with Gasteiger partial charge in [0.25, 0.3) is 0 Å². The van der Waals surface area contributed by atoms with Crippen molar-refractivity contribution in [1.29, 1.82) is 0 Å². The van der Waals surface area contributed by atoms with Crippen LogP contribution in [-0.4, -0.2) is 46.7 Å². The number of hydrogen-bond donors (Lipinski definition) is 0. The molecule has 0 saturated carbocycles. The van der Waals surface area contributed by atoms with E-state index in [2.05, 4.69) is 4.98 Å². The van der Waals surface area contributed by atoms with Gasteiger partial charge >= 0.3 is 6.18 Å². The summed E-state index contributed by atoms with van der Waals surface area (Å²) in [4.78, 5) is 17.8. The predicted molar refractivity (Wildman–Crippen MR) is 86.2 cm³/mol. The summed E-state index contributed by atoms with van der Waals surface area (Å²) in [7, 11) is 0. The van der Waals surface area contributed by atoms with E-state index in [1.54, 1.807) is 4.90 Å². The van der Waals surface area contributed by atoms with Gasteiger partial charge in [0.05, 0.1) is 24.2 Å². The first-order chi connectivity index (χ1) is 12.4. The number of amides is 1. The molecule has 140 valence electrons. The van der Waals surface area contributed by atoms with Crippen molar-refractivity contribution in [2.45, 2.75) is 32.0 Å². The molecule has 2 aliphatic heterocycles. The van der Waals surface area contributed by atoms with Gasteiger partial charge in [0, 0.05) is 31.6 Å². The number of imidazole rings is 1. The number of alkyl halides is 3. The van der Waals surface area contributed by atoms with Gasteiger partial charge in [-0.05, 0) is 12.8 Å². The van der Waals surface area contributed by atoms with Crippen molar-refractivity contribution < 1.29 is 27.4 Å². The first-order valence-electron chi connectivity index (χ1n) is 8.58. The van der Waals surface area contributed by atoms with Crippen LogP contribution in [0.25, 0.3) is 11.0 Å². The van der Waals surface area contributed by atoms with Crippen molar-refractivity contribution in [3.8, 4) is 11.5 Å². The van der Waals surface area contributed by atoms with E-state index in [0.29, 0.717) is 44.2 Å². The SMILES string of the molecule is O=C(Cn1c(C(F)(F)F)nc2cc3c(cc21)OCCCO3)N1CCCC1. The number of nitrogens with zero attached hydrogens (tertiary/aromatic N) is 3. The Morgan fingerprint density at radius 3 is 2.38 bits per heavy atom. The fourth-order valence-electron chi connectivity index (χ4n) is 3.36. The molecular formula is C17H18F3N3O3. The van der Waals surface area contributed by atoms with Gasteiger partial charge < -0.3 is 18.9 Å². The second-order valence-corrected chi connectivity index (χ2v) is 6.45. The van der Waals surface area contributed by atoms with Crippen LogP contribution in [-0.2, 0) is 17.5 Å². The molecule has 1 fully saturated rings. The van der Waals surface area contributed by atoms with Gasteiger partial charge in [0.2, 0.25) is 11.7 Å².